The molecule has 5 aliphatic carbocycles. The average molecular weight is 546 g/mol. The molecule has 1 heterocycles. The zero-order valence-electron chi connectivity index (χ0n) is 25.5. The summed E-state index contributed by atoms with van der Waals surface area (Å²) >= 11 is 0. The third-order valence-corrected chi connectivity index (χ3v) is 13.9. The molecule has 0 aromatic heterocycles. The quantitative estimate of drug-likeness (QED) is 0.455. The van der Waals surface area contributed by atoms with Gasteiger partial charge in [-0.3, -0.25) is 9.59 Å². The molecule has 0 unspecified atom stereocenters. The maximum Gasteiger partial charge on any atom is 0.317 e. The van der Waals surface area contributed by atoms with Gasteiger partial charge in [0, 0.05) is 36.4 Å². The van der Waals surface area contributed by atoms with E-state index in [4.69, 9.17) is 0 Å². The molecule has 6 aliphatic rings. The van der Waals surface area contributed by atoms with Crippen molar-refractivity contribution >= 4 is 17.6 Å². The van der Waals surface area contributed by atoms with Crippen LogP contribution >= 0.6 is 0 Å². The SMILES string of the molecule is C[C@@H]1[C@H]2[C@H]3C(=O)C=C4[C@@]5(C)C=C(C#N)C(=O)C(C)(C)[C@@H]5CC[C@@]4(C)[C@]3(C)CC[C@@]2(CN2CCNC2=O)CC[C@H]1C. The summed E-state index contributed by atoms with van der Waals surface area (Å²) in [6, 6.07) is 2.24. The molecule has 216 valence electrons. The van der Waals surface area contributed by atoms with Crippen molar-refractivity contribution in [3.63, 3.8) is 0 Å². The molecule has 2 amide bonds. The fourth-order valence-corrected chi connectivity index (χ4v) is 11.3. The normalized spacial score (nSPS) is 47.6. The number of amides is 2. The zero-order chi connectivity index (χ0) is 29.0. The van der Waals surface area contributed by atoms with Crippen LogP contribution < -0.4 is 5.32 Å². The summed E-state index contributed by atoms with van der Waals surface area (Å²) in [6.45, 7) is 17.9. The van der Waals surface area contributed by atoms with Crippen LogP contribution in [0, 0.1) is 68.0 Å². The Morgan fingerprint density at radius 2 is 1.75 bits per heavy atom. The van der Waals surface area contributed by atoms with Gasteiger partial charge in [0.2, 0.25) is 0 Å². The largest absolute Gasteiger partial charge is 0.336 e. The van der Waals surface area contributed by atoms with Gasteiger partial charge in [-0.1, -0.05) is 60.1 Å². The van der Waals surface area contributed by atoms with Gasteiger partial charge in [0.25, 0.3) is 0 Å². The Balaban J connectivity index is 1.49. The number of fused-ring (bicyclic) bond motifs is 7. The second kappa shape index (κ2) is 8.55. The van der Waals surface area contributed by atoms with Crippen LogP contribution in [-0.4, -0.2) is 42.1 Å². The Bertz CT molecular complexity index is 1290. The van der Waals surface area contributed by atoms with Crippen LogP contribution in [0.25, 0.3) is 0 Å². The molecule has 3 saturated carbocycles. The van der Waals surface area contributed by atoms with E-state index in [1.54, 1.807) is 0 Å². The summed E-state index contributed by atoms with van der Waals surface area (Å²) < 4.78 is 0. The molecule has 4 fully saturated rings. The van der Waals surface area contributed by atoms with E-state index in [9.17, 15) is 19.6 Å². The number of carbonyl (C=O) groups excluding carboxylic acids is 3. The van der Waals surface area contributed by atoms with Crippen molar-refractivity contribution in [3.05, 3.63) is 23.3 Å². The fraction of sp³-hybridized carbons (Fsp3) is 0.765. The van der Waals surface area contributed by atoms with Gasteiger partial charge in [-0.25, -0.2) is 4.79 Å². The molecule has 0 aromatic rings. The molecule has 0 aromatic carbocycles. The zero-order valence-corrected chi connectivity index (χ0v) is 25.5. The van der Waals surface area contributed by atoms with Gasteiger partial charge in [-0.05, 0) is 84.5 Å². The third kappa shape index (κ3) is 3.30. The number of nitrogens with one attached hydrogen (secondary N) is 1. The number of urea groups is 1. The molecule has 1 saturated heterocycles. The maximum atomic E-state index is 14.7. The first-order valence-electron chi connectivity index (χ1n) is 15.6. The molecule has 0 radical (unpaired) electrons. The molecule has 6 heteroatoms. The molecule has 6 nitrogen and oxygen atoms in total. The molecule has 1 N–H and O–H groups in total. The number of nitriles is 1. The van der Waals surface area contributed by atoms with Crippen LogP contribution in [0.1, 0.15) is 87.0 Å². The van der Waals surface area contributed by atoms with Gasteiger partial charge in [0.15, 0.2) is 11.6 Å². The van der Waals surface area contributed by atoms with Gasteiger partial charge in [0.05, 0.1) is 5.57 Å². The second-order valence-electron chi connectivity index (χ2n) is 15.7. The topological polar surface area (TPSA) is 90.3 Å². The highest BCUT2D eigenvalue weighted by molar-refractivity contribution is 6.04. The van der Waals surface area contributed by atoms with E-state index < -0.39 is 10.8 Å². The van der Waals surface area contributed by atoms with Crippen molar-refractivity contribution in [1.82, 2.24) is 10.2 Å². The Labute approximate surface area is 240 Å². The molecular weight excluding hydrogens is 498 g/mol. The maximum absolute atomic E-state index is 14.7. The third-order valence-electron chi connectivity index (χ3n) is 13.9. The molecular formula is C34H47N3O3. The number of hydrogen-bond donors (Lipinski definition) is 1. The fourth-order valence-electron chi connectivity index (χ4n) is 11.3. The summed E-state index contributed by atoms with van der Waals surface area (Å²) in [5, 5.41) is 12.9. The highest BCUT2D eigenvalue weighted by atomic mass is 16.2. The van der Waals surface area contributed by atoms with Gasteiger partial charge in [-0.15, -0.1) is 0 Å². The summed E-state index contributed by atoms with van der Waals surface area (Å²) in [4.78, 5) is 42.6. The first-order valence-corrected chi connectivity index (χ1v) is 15.6. The van der Waals surface area contributed by atoms with Crippen LogP contribution in [-0.2, 0) is 9.59 Å². The van der Waals surface area contributed by atoms with Crippen molar-refractivity contribution < 1.29 is 14.4 Å². The van der Waals surface area contributed by atoms with Gasteiger partial charge >= 0.3 is 6.03 Å². The summed E-state index contributed by atoms with van der Waals surface area (Å²) in [7, 11) is 0. The minimum absolute atomic E-state index is 0.0383. The van der Waals surface area contributed by atoms with Crippen molar-refractivity contribution in [3.8, 4) is 6.07 Å². The Morgan fingerprint density at radius 3 is 2.40 bits per heavy atom. The first kappa shape index (κ1) is 27.7. The summed E-state index contributed by atoms with van der Waals surface area (Å²) in [6.07, 6.45) is 9.98. The minimum atomic E-state index is -0.650. The summed E-state index contributed by atoms with van der Waals surface area (Å²) in [5.74, 6) is 1.31. The van der Waals surface area contributed by atoms with Crippen LogP contribution in [0.4, 0.5) is 4.79 Å². The van der Waals surface area contributed by atoms with Crippen molar-refractivity contribution in [2.24, 2.45) is 56.7 Å². The van der Waals surface area contributed by atoms with Crippen LogP contribution in [0.15, 0.2) is 23.3 Å². The smallest absolute Gasteiger partial charge is 0.317 e. The lowest BCUT2D eigenvalue weighted by Gasteiger charge is -2.70. The predicted octanol–water partition coefficient (Wildman–Crippen LogP) is 6.09. The molecule has 0 bridgehead atoms. The van der Waals surface area contributed by atoms with E-state index in [0.717, 1.165) is 57.2 Å². The van der Waals surface area contributed by atoms with E-state index in [1.807, 2.05) is 30.9 Å². The number of hydrogen-bond acceptors (Lipinski definition) is 4. The van der Waals surface area contributed by atoms with Crippen LogP contribution in [0.5, 0.6) is 0 Å². The first-order chi connectivity index (χ1) is 18.7. The molecule has 40 heavy (non-hydrogen) atoms. The number of carbonyl (C=O) groups is 3. The highest BCUT2D eigenvalue weighted by Gasteiger charge is 2.70. The van der Waals surface area contributed by atoms with E-state index >= 15 is 0 Å². The lowest BCUT2D eigenvalue weighted by molar-refractivity contribution is -0.178. The van der Waals surface area contributed by atoms with Gasteiger partial charge < -0.3 is 10.2 Å². The lowest BCUT2D eigenvalue weighted by atomic mass is 9.34. The monoisotopic (exact) mass is 545 g/mol. The Kier molecular flexibility index (Phi) is 5.93. The second-order valence-corrected chi connectivity index (χ2v) is 15.7. The van der Waals surface area contributed by atoms with Gasteiger partial charge in [0.1, 0.15) is 6.07 Å². The molecule has 6 rings (SSSR count). The predicted molar refractivity (Wildman–Crippen MR) is 154 cm³/mol. The van der Waals surface area contributed by atoms with Crippen LogP contribution in [0.3, 0.4) is 0 Å². The van der Waals surface area contributed by atoms with Crippen molar-refractivity contribution in [2.75, 3.05) is 19.6 Å². The number of allylic oxidation sites excluding steroid dienone is 4. The lowest BCUT2D eigenvalue weighted by Crippen LogP contribution is -2.66. The minimum Gasteiger partial charge on any atom is -0.336 e. The van der Waals surface area contributed by atoms with E-state index in [1.165, 1.54) is 0 Å². The highest BCUT2D eigenvalue weighted by Crippen LogP contribution is 2.74. The summed E-state index contributed by atoms with van der Waals surface area (Å²) in [5.41, 5.74) is -0.228. The molecule has 9 atom stereocenters. The number of nitrogens with zero attached hydrogens (tertiary/aromatic N) is 2. The van der Waals surface area contributed by atoms with Crippen molar-refractivity contribution in [1.29, 1.82) is 5.26 Å². The van der Waals surface area contributed by atoms with E-state index in [-0.39, 0.29) is 57.2 Å². The van der Waals surface area contributed by atoms with Crippen molar-refractivity contribution in [2.45, 2.75) is 87.0 Å². The number of rotatable bonds is 2. The molecule has 1 aliphatic heterocycles. The van der Waals surface area contributed by atoms with Gasteiger partial charge in [-0.2, -0.15) is 5.26 Å². The Morgan fingerprint density at radius 1 is 1.02 bits per heavy atom. The standard InChI is InChI=1S/C34H47N3O3/c1-20-8-11-34(19-37-15-14-36-29(37)40)13-12-33(7)27(26(34)21(20)2)23(38)16-25-31(5)17-22(18-35)28(39)30(3,4)24(31)9-10-32(25,33)6/h16-17,20-21,24,26-27H,8-15,19H2,1-7H3,(H,36,40)/t20-,21+,24+,26+,27-,31+,32-,33-,34-/m1/s1. The molecule has 0 spiro atoms. The number of ketones is 2. The number of Topliss-reactive ketones (excluding diaryl/α,β-unsaturated/α-hetero) is 1. The van der Waals surface area contributed by atoms with E-state index in [0.29, 0.717) is 18.4 Å². The Hall–Kier alpha value is -2.42. The van der Waals surface area contributed by atoms with Crippen LogP contribution in [0.2, 0.25) is 0 Å². The average Bonchev–Trinajstić information content (AvgIpc) is 3.30. The van der Waals surface area contributed by atoms with E-state index in [2.05, 4.69) is 46.0 Å².